The Morgan fingerprint density at radius 1 is 0.891 bits per heavy atom. The van der Waals surface area contributed by atoms with Gasteiger partial charge in [0.15, 0.2) is 0 Å². The van der Waals surface area contributed by atoms with Gasteiger partial charge in [-0.2, -0.15) is 0 Å². The third kappa shape index (κ3) is 7.99. The maximum absolute atomic E-state index is 13.6. The largest absolute Gasteiger partial charge is 0.452 e. The lowest BCUT2D eigenvalue weighted by Crippen LogP contribution is -2.54. The third-order valence-electron chi connectivity index (χ3n) is 8.28. The van der Waals surface area contributed by atoms with Crippen molar-refractivity contribution < 1.29 is 23.9 Å². The van der Waals surface area contributed by atoms with Gasteiger partial charge in [-0.1, -0.05) is 109 Å². The van der Waals surface area contributed by atoms with Crippen LogP contribution in [0.15, 0.2) is 115 Å². The number of nitrogens with zero attached hydrogens (tertiary/aromatic N) is 1. The number of ether oxygens (including phenoxy) is 2. The predicted octanol–water partition coefficient (Wildman–Crippen LogP) is 4.55. The van der Waals surface area contributed by atoms with Crippen LogP contribution < -0.4 is 21.3 Å². The zero-order valence-electron chi connectivity index (χ0n) is 25.9. The molecule has 9 nitrogen and oxygen atoms in total. The Hall–Kier alpha value is -4.99. The van der Waals surface area contributed by atoms with Crippen LogP contribution in [-0.2, 0) is 32.0 Å². The molecule has 1 aliphatic heterocycles. The summed E-state index contributed by atoms with van der Waals surface area (Å²) in [4.78, 5) is 41.0. The summed E-state index contributed by atoms with van der Waals surface area (Å²) in [7, 11) is 1.30. The number of aryl methyl sites for hydroxylation is 1. The minimum Gasteiger partial charge on any atom is -0.452 e. The fourth-order valence-electron chi connectivity index (χ4n) is 5.94. The number of nitrogens with two attached hydrogens (primary N) is 1. The van der Waals surface area contributed by atoms with Crippen molar-refractivity contribution in [2.24, 2.45) is 5.73 Å². The molecule has 1 fully saturated rings. The van der Waals surface area contributed by atoms with Crippen molar-refractivity contribution in [2.75, 3.05) is 25.2 Å². The maximum atomic E-state index is 13.6. The Bertz CT molecular complexity index is 1540. The molecule has 4 aromatic carbocycles. The monoisotopic (exact) mass is 620 g/mol. The molecule has 5 rings (SSSR count). The molecule has 0 aliphatic carbocycles. The second-order valence-electron chi connectivity index (χ2n) is 11.3. The number of methoxy groups -OCH3 is 1. The van der Waals surface area contributed by atoms with Crippen LogP contribution in [0.5, 0.6) is 0 Å². The van der Waals surface area contributed by atoms with Crippen molar-refractivity contribution in [1.29, 1.82) is 0 Å². The van der Waals surface area contributed by atoms with Crippen molar-refractivity contribution in [3.63, 3.8) is 0 Å². The summed E-state index contributed by atoms with van der Waals surface area (Å²) >= 11 is 0. The van der Waals surface area contributed by atoms with Crippen molar-refractivity contribution in [1.82, 2.24) is 10.6 Å². The second kappa shape index (κ2) is 15.8. The van der Waals surface area contributed by atoms with Gasteiger partial charge < -0.3 is 25.8 Å². The predicted molar refractivity (Wildman–Crippen MR) is 177 cm³/mol. The van der Waals surface area contributed by atoms with E-state index in [9.17, 15) is 14.4 Å². The van der Waals surface area contributed by atoms with E-state index < -0.39 is 30.0 Å². The van der Waals surface area contributed by atoms with Crippen LogP contribution in [0.2, 0.25) is 0 Å². The zero-order chi connectivity index (χ0) is 32.3. The first-order valence-corrected chi connectivity index (χ1v) is 15.5. The number of hydrogen-bond donors (Lipinski definition) is 3. The smallest absolute Gasteiger partial charge is 0.414 e. The number of amides is 3. The fourth-order valence-corrected chi connectivity index (χ4v) is 5.94. The molecule has 3 amide bonds. The Morgan fingerprint density at radius 2 is 1.48 bits per heavy atom. The first kappa shape index (κ1) is 32.4. The lowest BCUT2D eigenvalue weighted by atomic mass is 9.83. The molecule has 238 valence electrons. The molecule has 4 N–H and O–H groups in total. The van der Waals surface area contributed by atoms with Gasteiger partial charge in [0.25, 0.3) is 0 Å². The highest BCUT2D eigenvalue weighted by Crippen LogP contribution is 2.35. The first-order chi connectivity index (χ1) is 22.5. The van der Waals surface area contributed by atoms with Crippen LogP contribution in [0.25, 0.3) is 0 Å². The standard InChI is InChI=1S/C37H40N4O5/c1-45-37(44)41(34(35(38)42)33(28-16-7-3-8-17-28)29-18-9-4-10-19-29)32-20-12-11-15-27(32)21-22-30-24-39-31(25-46-30)36(43)40-23-26-13-5-2-6-14-26/h2-20,30-31,33-34,39H,21-25H2,1H3,(H2,38,42)(H,40,43)/t30-,31+,34+/m1/s1. The van der Waals surface area contributed by atoms with Crippen LogP contribution in [0.1, 0.15) is 34.6 Å². The summed E-state index contributed by atoms with van der Waals surface area (Å²) < 4.78 is 11.3. The van der Waals surface area contributed by atoms with Gasteiger partial charge in [0.2, 0.25) is 11.8 Å². The molecule has 46 heavy (non-hydrogen) atoms. The van der Waals surface area contributed by atoms with E-state index in [1.165, 1.54) is 12.0 Å². The highest BCUT2D eigenvalue weighted by atomic mass is 16.5. The lowest BCUT2D eigenvalue weighted by Gasteiger charge is -2.36. The van der Waals surface area contributed by atoms with E-state index in [1.807, 2.05) is 115 Å². The summed E-state index contributed by atoms with van der Waals surface area (Å²) in [5, 5.41) is 6.27. The van der Waals surface area contributed by atoms with E-state index in [0.29, 0.717) is 31.6 Å². The molecule has 0 bridgehead atoms. The minimum absolute atomic E-state index is 0.106. The fraction of sp³-hybridized carbons (Fsp3) is 0.270. The van der Waals surface area contributed by atoms with E-state index in [2.05, 4.69) is 10.6 Å². The molecule has 9 heteroatoms. The van der Waals surface area contributed by atoms with Crippen molar-refractivity contribution in [2.45, 2.75) is 43.5 Å². The van der Waals surface area contributed by atoms with Crippen LogP contribution in [0.4, 0.5) is 10.5 Å². The summed E-state index contributed by atoms with van der Waals surface area (Å²) in [6, 6.07) is 34.8. The molecular formula is C37H40N4O5. The third-order valence-corrected chi connectivity index (χ3v) is 8.28. The number of anilines is 1. The number of para-hydroxylation sites is 1. The number of hydrogen-bond acceptors (Lipinski definition) is 6. The quantitative estimate of drug-likeness (QED) is 0.214. The Kier molecular flexibility index (Phi) is 11.2. The molecule has 1 aliphatic rings. The Labute approximate surface area is 269 Å². The molecule has 0 spiro atoms. The van der Waals surface area contributed by atoms with E-state index >= 15 is 0 Å². The van der Waals surface area contributed by atoms with E-state index in [0.717, 1.165) is 22.3 Å². The molecule has 0 radical (unpaired) electrons. The van der Waals surface area contributed by atoms with Gasteiger partial charge in [-0.3, -0.25) is 14.5 Å². The number of carbonyl (C=O) groups excluding carboxylic acids is 3. The van der Waals surface area contributed by atoms with Gasteiger partial charge in [-0.25, -0.2) is 4.79 Å². The molecule has 1 saturated heterocycles. The maximum Gasteiger partial charge on any atom is 0.414 e. The lowest BCUT2D eigenvalue weighted by molar-refractivity contribution is -0.127. The van der Waals surface area contributed by atoms with Crippen molar-refractivity contribution in [3.8, 4) is 0 Å². The van der Waals surface area contributed by atoms with Gasteiger partial charge >= 0.3 is 6.09 Å². The summed E-state index contributed by atoms with van der Waals surface area (Å²) in [6.07, 6.45) is 0.340. The van der Waals surface area contributed by atoms with Crippen molar-refractivity contribution >= 4 is 23.6 Å². The number of nitrogens with one attached hydrogen (secondary N) is 2. The van der Waals surface area contributed by atoms with Crippen molar-refractivity contribution in [3.05, 3.63) is 138 Å². The summed E-state index contributed by atoms with van der Waals surface area (Å²) in [5.74, 6) is -1.32. The second-order valence-corrected chi connectivity index (χ2v) is 11.3. The first-order valence-electron chi connectivity index (χ1n) is 15.5. The summed E-state index contributed by atoms with van der Waals surface area (Å²) in [5.41, 5.74) is 10.2. The Balaban J connectivity index is 1.32. The highest BCUT2D eigenvalue weighted by Gasteiger charge is 2.39. The van der Waals surface area contributed by atoms with Gasteiger partial charge in [0, 0.05) is 19.0 Å². The molecule has 1 heterocycles. The molecular weight excluding hydrogens is 580 g/mol. The highest BCUT2D eigenvalue weighted by molar-refractivity contribution is 5.98. The van der Waals surface area contributed by atoms with Crippen LogP contribution in [0.3, 0.4) is 0 Å². The van der Waals surface area contributed by atoms with Crippen LogP contribution in [0, 0.1) is 0 Å². The normalized spacial score (nSPS) is 16.7. The molecule has 3 atom stereocenters. The van der Waals surface area contributed by atoms with Gasteiger partial charge in [0.1, 0.15) is 12.1 Å². The number of morpholine rings is 1. The number of benzene rings is 4. The molecule has 0 aromatic heterocycles. The van der Waals surface area contributed by atoms with Crippen LogP contribution >= 0.6 is 0 Å². The number of rotatable bonds is 12. The van der Waals surface area contributed by atoms with E-state index in [4.69, 9.17) is 15.2 Å². The molecule has 4 aromatic rings. The van der Waals surface area contributed by atoms with Gasteiger partial charge in [-0.15, -0.1) is 0 Å². The van der Waals surface area contributed by atoms with Crippen LogP contribution in [-0.4, -0.2) is 56.4 Å². The minimum atomic E-state index is -1.08. The van der Waals surface area contributed by atoms with Gasteiger partial charge in [-0.05, 0) is 41.2 Å². The number of primary amides is 1. The molecule has 0 unspecified atom stereocenters. The topological polar surface area (TPSA) is 123 Å². The average molecular weight is 621 g/mol. The summed E-state index contributed by atoms with van der Waals surface area (Å²) in [6.45, 7) is 1.21. The van der Waals surface area contributed by atoms with E-state index in [-0.39, 0.29) is 18.6 Å². The number of carbonyl (C=O) groups is 3. The Morgan fingerprint density at radius 3 is 2.04 bits per heavy atom. The average Bonchev–Trinajstić information content (AvgIpc) is 3.11. The van der Waals surface area contributed by atoms with E-state index in [1.54, 1.807) is 0 Å². The van der Waals surface area contributed by atoms with Gasteiger partial charge in [0.05, 0.1) is 25.5 Å². The zero-order valence-corrected chi connectivity index (χ0v) is 25.9. The SMILES string of the molecule is COC(=O)N(c1ccccc1CC[C@@H]1CN[C@H](C(=O)NCc2ccccc2)CO1)[C@H](C(N)=O)C(c1ccccc1)c1ccccc1. The molecule has 0 saturated carbocycles.